The van der Waals surface area contributed by atoms with E-state index in [9.17, 15) is 22.4 Å². The summed E-state index contributed by atoms with van der Waals surface area (Å²) >= 11 is 0. The molecular formula is C14H22F4N2O. The number of hydrogen-bond donors (Lipinski definition) is 2. The average molecular weight is 310 g/mol. The van der Waals surface area contributed by atoms with Crippen molar-refractivity contribution in [2.24, 2.45) is 11.7 Å². The van der Waals surface area contributed by atoms with Gasteiger partial charge in [-0.05, 0) is 38.1 Å². The van der Waals surface area contributed by atoms with Crippen molar-refractivity contribution in [2.75, 3.05) is 6.54 Å². The van der Waals surface area contributed by atoms with Crippen LogP contribution in [0.5, 0.6) is 0 Å². The second-order valence-electron chi connectivity index (χ2n) is 6.48. The molecule has 0 unspecified atom stereocenters. The van der Waals surface area contributed by atoms with Gasteiger partial charge in [0.2, 0.25) is 17.8 Å². The molecule has 7 heteroatoms. The summed E-state index contributed by atoms with van der Waals surface area (Å²) in [6.07, 6.45) is -0.286. The third-order valence-corrected chi connectivity index (χ3v) is 4.87. The molecular weight excluding hydrogens is 288 g/mol. The van der Waals surface area contributed by atoms with Crippen LogP contribution < -0.4 is 11.1 Å². The molecule has 2 saturated carbocycles. The van der Waals surface area contributed by atoms with Crippen LogP contribution in [0.1, 0.15) is 51.4 Å². The zero-order valence-electron chi connectivity index (χ0n) is 11.9. The molecule has 122 valence electrons. The lowest BCUT2D eigenvalue weighted by Gasteiger charge is -2.40. The molecule has 1 amide bonds. The number of carbonyl (C=O) groups excluding carboxylic acids is 1. The van der Waals surface area contributed by atoms with Crippen LogP contribution in [0.4, 0.5) is 17.6 Å². The SMILES string of the molecule is NC(=O)C1(NCC2CCC(F)(F)CC2)CCC(F)(F)CC1. The van der Waals surface area contributed by atoms with Crippen LogP contribution in [-0.4, -0.2) is 29.8 Å². The highest BCUT2D eigenvalue weighted by atomic mass is 19.3. The summed E-state index contributed by atoms with van der Waals surface area (Å²) in [4.78, 5) is 11.7. The van der Waals surface area contributed by atoms with Crippen molar-refractivity contribution in [3.8, 4) is 0 Å². The topological polar surface area (TPSA) is 55.1 Å². The van der Waals surface area contributed by atoms with Gasteiger partial charge in [0, 0.05) is 25.7 Å². The monoisotopic (exact) mass is 310 g/mol. The first-order chi connectivity index (χ1) is 9.64. The molecule has 2 aliphatic rings. The minimum atomic E-state index is -2.74. The number of carbonyl (C=O) groups is 1. The van der Waals surface area contributed by atoms with Gasteiger partial charge in [-0.15, -0.1) is 0 Å². The Labute approximate surface area is 121 Å². The van der Waals surface area contributed by atoms with Crippen molar-refractivity contribution < 1.29 is 22.4 Å². The quantitative estimate of drug-likeness (QED) is 0.785. The van der Waals surface area contributed by atoms with Crippen LogP contribution >= 0.6 is 0 Å². The van der Waals surface area contributed by atoms with E-state index in [1.807, 2.05) is 0 Å². The third-order valence-electron chi connectivity index (χ3n) is 4.87. The van der Waals surface area contributed by atoms with Crippen LogP contribution in [0.3, 0.4) is 0 Å². The van der Waals surface area contributed by atoms with Gasteiger partial charge >= 0.3 is 0 Å². The zero-order valence-corrected chi connectivity index (χ0v) is 11.9. The number of nitrogens with two attached hydrogens (primary N) is 1. The van der Waals surface area contributed by atoms with Gasteiger partial charge in [0.15, 0.2) is 0 Å². The Kier molecular flexibility index (Phi) is 4.52. The Morgan fingerprint density at radius 3 is 1.90 bits per heavy atom. The van der Waals surface area contributed by atoms with E-state index in [4.69, 9.17) is 5.73 Å². The molecule has 2 fully saturated rings. The molecule has 0 aromatic rings. The van der Waals surface area contributed by atoms with Crippen LogP contribution in [0.15, 0.2) is 0 Å². The van der Waals surface area contributed by atoms with Gasteiger partial charge in [-0.25, -0.2) is 17.6 Å². The van der Waals surface area contributed by atoms with Gasteiger partial charge in [-0.1, -0.05) is 0 Å². The highest BCUT2D eigenvalue weighted by Gasteiger charge is 2.47. The van der Waals surface area contributed by atoms with E-state index in [1.54, 1.807) is 0 Å². The van der Waals surface area contributed by atoms with Crippen molar-refractivity contribution in [1.82, 2.24) is 5.32 Å². The lowest BCUT2D eigenvalue weighted by Crippen LogP contribution is -2.59. The minimum absolute atomic E-state index is 0.00177. The molecule has 3 N–H and O–H groups in total. The lowest BCUT2D eigenvalue weighted by molar-refractivity contribution is -0.130. The molecule has 0 atom stereocenters. The summed E-state index contributed by atoms with van der Waals surface area (Å²) in [5.41, 5.74) is 4.27. The van der Waals surface area contributed by atoms with Crippen molar-refractivity contribution in [3.05, 3.63) is 0 Å². The molecule has 0 aromatic carbocycles. The Bertz CT molecular complexity index is 380. The number of primary amides is 1. The molecule has 21 heavy (non-hydrogen) atoms. The maximum Gasteiger partial charge on any atom is 0.248 e. The fourth-order valence-electron chi connectivity index (χ4n) is 3.20. The van der Waals surface area contributed by atoms with E-state index in [0.29, 0.717) is 19.4 Å². The normalized spacial score (nSPS) is 28.2. The molecule has 2 rings (SSSR count). The summed E-state index contributed by atoms with van der Waals surface area (Å²) in [5.74, 6) is -5.92. The molecule has 0 bridgehead atoms. The minimum Gasteiger partial charge on any atom is -0.368 e. The number of nitrogens with one attached hydrogen (secondary N) is 1. The van der Waals surface area contributed by atoms with Crippen molar-refractivity contribution in [2.45, 2.75) is 68.8 Å². The van der Waals surface area contributed by atoms with E-state index in [2.05, 4.69) is 5.32 Å². The molecule has 0 aliphatic heterocycles. The first-order valence-electron chi connectivity index (χ1n) is 7.45. The second kappa shape index (κ2) is 5.74. The summed E-state index contributed by atoms with van der Waals surface area (Å²) in [5, 5.41) is 3.02. The number of rotatable bonds is 4. The third kappa shape index (κ3) is 4.08. The Hall–Kier alpha value is -0.850. The summed E-state index contributed by atoms with van der Waals surface area (Å²) in [7, 11) is 0. The van der Waals surface area contributed by atoms with Gasteiger partial charge < -0.3 is 11.1 Å². The van der Waals surface area contributed by atoms with Gasteiger partial charge in [-0.3, -0.25) is 4.79 Å². The van der Waals surface area contributed by atoms with Crippen LogP contribution in [0, 0.1) is 5.92 Å². The zero-order chi connectivity index (χ0) is 15.7. The Morgan fingerprint density at radius 1 is 0.952 bits per heavy atom. The van der Waals surface area contributed by atoms with E-state index >= 15 is 0 Å². The van der Waals surface area contributed by atoms with Crippen LogP contribution in [-0.2, 0) is 4.79 Å². The van der Waals surface area contributed by atoms with Crippen molar-refractivity contribution in [3.63, 3.8) is 0 Å². The van der Waals surface area contributed by atoms with E-state index in [-0.39, 0.29) is 44.4 Å². The fraction of sp³-hybridized carbons (Fsp3) is 0.929. The van der Waals surface area contributed by atoms with Crippen molar-refractivity contribution >= 4 is 5.91 Å². The highest BCUT2D eigenvalue weighted by Crippen LogP contribution is 2.39. The molecule has 2 aliphatic carbocycles. The van der Waals surface area contributed by atoms with Crippen LogP contribution in [0.25, 0.3) is 0 Å². The first-order valence-corrected chi connectivity index (χ1v) is 7.45. The number of hydrogen-bond acceptors (Lipinski definition) is 2. The second-order valence-corrected chi connectivity index (χ2v) is 6.48. The number of alkyl halides is 4. The predicted molar refractivity (Wildman–Crippen MR) is 70.2 cm³/mol. The fourth-order valence-corrected chi connectivity index (χ4v) is 3.20. The highest BCUT2D eigenvalue weighted by molar-refractivity contribution is 5.84. The Morgan fingerprint density at radius 2 is 1.43 bits per heavy atom. The van der Waals surface area contributed by atoms with E-state index in [0.717, 1.165) is 0 Å². The predicted octanol–water partition coefficient (Wildman–Crippen LogP) is 2.83. The van der Waals surface area contributed by atoms with Crippen LogP contribution in [0.2, 0.25) is 0 Å². The largest absolute Gasteiger partial charge is 0.368 e. The summed E-state index contributed by atoms with van der Waals surface area (Å²) in [6, 6.07) is 0. The molecule has 3 nitrogen and oxygen atoms in total. The van der Waals surface area contributed by atoms with Crippen molar-refractivity contribution in [1.29, 1.82) is 0 Å². The molecule has 0 heterocycles. The number of amides is 1. The van der Waals surface area contributed by atoms with Gasteiger partial charge in [0.1, 0.15) is 0 Å². The smallest absolute Gasteiger partial charge is 0.248 e. The first kappa shape index (κ1) is 16.5. The lowest BCUT2D eigenvalue weighted by atomic mass is 9.78. The molecule has 0 radical (unpaired) electrons. The molecule has 0 aromatic heterocycles. The maximum absolute atomic E-state index is 13.2. The standard InChI is InChI=1S/C14H22F4N2O/c15-13(16)3-1-10(2-4-13)9-20-12(11(19)21)5-7-14(17,18)8-6-12/h10,20H,1-9H2,(H2,19,21). The Balaban J connectivity index is 1.89. The number of halogens is 4. The summed E-state index contributed by atoms with van der Waals surface area (Å²) < 4.78 is 52.6. The molecule has 0 saturated heterocycles. The maximum atomic E-state index is 13.2. The van der Waals surface area contributed by atoms with E-state index in [1.165, 1.54) is 0 Å². The molecule has 0 spiro atoms. The van der Waals surface area contributed by atoms with Gasteiger partial charge in [0.05, 0.1) is 5.54 Å². The summed E-state index contributed by atoms with van der Waals surface area (Å²) in [6.45, 7) is 0.380. The van der Waals surface area contributed by atoms with Gasteiger partial charge in [-0.2, -0.15) is 0 Å². The van der Waals surface area contributed by atoms with E-state index < -0.39 is 23.3 Å². The average Bonchev–Trinajstić information content (AvgIpc) is 2.39. The van der Waals surface area contributed by atoms with Gasteiger partial charge in [0.25, 0.3) is 0 Å².